The van der Waals surface area contributed by atoms with Gasteiger partial charge in [0.25, 0.3) is 5.56 Å². The van der Waals surface area contributed by atoms with Crippen molar-refractivity contribution in [1.82, 2.24) is 4.57 Å². The predicted molar refractivity (Wildman–Crippen MR) is 95.8 cm³/mol. The zero-order chi connectivity index (χ0) is 16.2. The van der Waals surface area contributed by atoms with E-state index in [-0.39, 0.29) is 17.1 Å². The van der Waals surface area contributed by atoms with Gasteiger partial charge < -0.3 is 15.0 Å². The number of thiocarbonyl (C=S) groups is 1. The summed E-state index contributed by atoms with van der Waals surface area (Å²) in [6, 6.07) is 17.2. The third kappa shape index (κ3) is 3.57. The molecule has 1 heterocycles. The van der Waals surface area contributed by atoms with Crippen LogP contribution in [0.4, 0.5) is 0 Å². The number of nitrogens with two attached hydrogens (primary N) is 1. The summed E-state index contributed by atoms with van der Waals surface area (Å²) in [5.74, 6) is 0.729. The van der Waals surface area contributed by atoms with E-state index in [0.29, 0.717) is 12.0 Å². The van der Waals surface area contributed by atoms with Crippen molar-refractivity contribution in [3.63, 3.8) is 0 Å². The number of rotatable bonds is 5. The first-order chi connectivity index (χ1) is 11.1. The SMILES string of the molecule is NC(=S)Cn1ccc2cc(OCc3ccccc3)ccc2c1=O. The molecule has 0 bridgehead atoms. The number of aromatic nitrogens is 1. The number of nitrogens with zero attached hydrogens (tertiary/aromatic N) is 1. The summed E-state index contributed by atoms with van der Waals surface area (Å²) in [5, 5.41) is 1.45. The molecule has 2 aromatic carbocycles. The van der Waals surface area contributed by atoms with Gasteiger partial charge in [0, 0.05) is 11.6 Å². The highest BCUT2D eigenvalue weighted by Gasteiger charge is 2.05. The Labute approximate surface area is 139 Å². The number of hydrogen-bond acceptors (Lipinski definition) is 3. The lowest BCUT2D eigenvalue weighted by Crippen LogP contribution is -2.26. The van der Waals surface area contributed by atoms with Crippen LogP contribution in [0.3, 0.4) is 0 Å². The average Bonchev–Trinajstić information content (AvgIpc) is 2.56. The van der Waals surface area contributed by atoms with Crippen LogP contribution < -0.4 is 16.0 Å². The maximum absolute atomic E-state index is 12.4. The van der Waals surface area contributed by atoms with Gasteiger partial charge in [-0.3, -0.25) is 4.79 Å². The second-order valence-corrected chi connectivity index (χ2v) is 5.76. The number of pyridine rings is 1. The molecule has 0 spiro atoms. The smallest absolute Gasteiger partial charge is 0.258 e. The van der Waals surface area contributed by atoms with Gasteiger partial charge >= 0.3 is 0 Å². The van der Waals surface area contributed by atoms with Crippen LogP contribution in [0.15, 0.2) is 65.6 Å². The number of fused-ring (bicyclic) bond motifs is 1. The fraction of sp³-hybridized carbons (Fsp3) is 0.111. The van der Waals surface area contributed by atoms with Crippen molar-refractivity contribution in [2.75, 3.05) is 0 Å². The summed E-state index contributed by atoms with van der Waals surface area (Å²) < 4.78 is 7.29. The highest BCUT2D eigenvalue weighted by molar-refractivity contribution is 7.80. The number of benzene rings is 2. The summed E-state index contributed by atoms with van der Waals surface area (Å²) in [7, 11) is 0. The summed E-state index contributed by atoms with van der Waals surface area (Å²) in [4.78, 5) is 12.6. The summed E-state index contributed by atoms with van der Waals surface area (Å²) >= 11 is 4.86. The van der Waals surface area contributed by atoms with E-state index in [0.717, 1.165) is 16.7 Å². The number of hydrogen-bond donors (Lipinski definition) is 1. The van der Waals surface area contributed by atoms with E-state index < -0.39 is 0 Å². The molecule has 5 heteroatoms. The molecule has 0 aliphatic rings. The predicted octanol–water partition coefficient (Wildman–Crippen LogP) is 2.87. The van der Waals surface area contributed by atoms with Crippen LogP contribution in [-0.2, 0) is 13.2 Å². The van der Waals surface area contributed by atoms with Crippen molar-refractivity contribution in [2.45, 2.75) is 13.2 Å². The van der Waals surface area contributed by atoms with Crippen molar-refractivity contribution in [3.05, 3.63) is 76.7 Å². The zero-order valence-corrected chi connectivity index (χ0v) is 13.3. The van der Waals surface area contributed by atoms with Crippen LogP contribution in [0, 0.1) is 0 Å². The quantitative estimate of drug-likeness (QED) is 0.733. The summed E-state index contributed by atoms with van der Waals surface area (Å²) in [6.07, 6.45) is 1.70. The summed E-state index contributed by atoms with van der Waals surface area (Å²) in [6.45, 7) is 0.737. The monoisotopic (exact) mass is 324 g/mol. The lowest BCUT2D eigenvalue weighted by Gasteiger charge is -2.09. The first kappa shape index (κ1) is 15.2. The minimum absolute atomic E-state index is 0.107. The minimum Gasteiger partial charge on any atom is -0.489 e. The van der Waals surface area contributed by atoms with Crippen LogP contribution >= 0.6 is 12.2 Å². The lowest BCUT2D eigenvalue weighted by atomic mass is 10.1. The Kier molecular flexibility index (Phi) is 4.39. The van der Waals surface area contributed by atoms with Gasteiger partial charge in [0.15, 0.2) is 0 Å². The normalized spacial score (nSPS) is 10.6. The molecule has 3 rings (SSSR count). The van der Waals surface area contributed by atoms with E-state index in [9.17, 15) is 4.79 Å². The standard InChI is InChI=1S/C18H16N2O2S/c19-17(23)11-20-9-8-14-10-15(6-7-16(14)18(20)21)22-12-13-4-2-1-3-5-13/h1-10H,11-12H2,(H2,19,23). The Morgan fingerprint density at radius 3 is 2.65 bits per heavy atom. The summed E-state index contributed by atoms with van der Waals surface area (Å²) in [5.41, 5.74) is 6.50. The Morgan fingerprint density at radius 1 is 1.13 bits per heavy atom. The third-order valence-electron chi connectivity index (χ3n) is 3.52. The molecular formula is C18H16N2O2S. The Hall–Kier alpha value is -2.66. The van der Waals surface area contributed by atoms with Crippen molar-refractivity contribution >= 4 is 28.0 Å². The van der Waals surface area contributed by atoms with Crippen molar-refractivity contribution in [2.24, 2.45) is 5.73 Å². The van der Waals surface area contributed by atoms with Crippen LogP contribution in [0.5, 0.6) is 5.75 Å². The van der Waals surface area contributed by atoms with Crippen molar-refractivity contribution < 1.29 is 4.74 Å². The van der Waals surface area contributed by atoms with Gasteiger partial charge in [-0.05, 0) is 35.2 Å². The van der Waals surface area contributed by atoms with Crippen LogP contribution in [0.1, 0.15) is 5.56 Å². The molecule has 0 fully saturated rings. The molecule has 116 valence electrons. The van der Waals surface area contributed by atoms with E-state index in [1.165, 1.54) is 4.57 Å². The third-order valence-corrected chi connectivity index (χ3v) is 3.65. The molecule has 0 saturated heterocycles. The van der Waals surface area contributed by atoms with Gasteiger partial charge in [0.05, 0.1) is 11.5 Å². The molecule has 0 unspecified atom stereocenters. The van der Waals surface area contributed by atoms with Gasteiger partial charge in [-0.25, -0.2) is 0 Å². The maximum atomic E-state index is 12.4. The molecule has 3 aromatic rings. The van der Waals surface area contributed by atoms with E-state index >= 15 is 0 Å². The molecule has 2 N–H and O–H groups in total. The Balaban J connectivity index is 1.85. The average molecular weight is 324 g/mol. The second-order valence-electron chi connectivity index (χ2n) is 5.24. The lowest BCUT2D eigenvalue weighted by molar-refractivity contribution is 0.306. The fourth-order valence-corrected chi connectivity index (χ4v) is 2.53. The molecule has 1 aromatic heterocycles. The Bertz CT molecular complexity index is 904. The molecule has 0 radical (unpaired) electrons. The molecule has 0 saturated carbocycles. The van der Waals surface area contributed by atoms with E-state index in [1.54, 1.807) is 18.3 Å². The molecule has 0 atom stereocenters. The fourth-order valence-electron chi connectivity index (χ4n) is 2.39. The topological polar surface area (TPSA) is 57.2 Å². The molecule has 23 heavy (non-hydrogen) atoms. The van der Waals surface area contributed by atoms with Crippen LogP contribution in [0.25, 0.3) is 10.8 Å². The van der Waals surface area contributed by atoms with E-state index in [4.69, 9.17) is 22.7 Å². The maximum Gasteiger partial charge on any atom is 0.258 e. The minimum atomic E-state index is -0.107. The first-order valence-electron chi connectivity index (χ1n) is 7.22. The first-order valence-corrected chi connectivity index (χ1v) is 7.62. The van der Waals surface area contributed by atoms with E-state index in [2.05, 4.69) is 0 Å². The molecule has 0 aliphatic carbocycles. The van der Waals surface area contributed by atoms with Gasteiger partial charge in [-0.15, -0.1) is 0 Å². The van der Waals surface area contributed by atoms with Gasteiger partial charge in [0.2, 0.25) is 0 Å². The number of ether oxygens (including phenoxy) is 1. The molecule has 4 nitrogen and oxygen atoms in total. The van der Waals surface area contributed by atoms with Crippen LogP contribution in [-0.4, -0.2) is 9.56 Å². The highest BCUT2D eigenvalue weighted by atomic mass is 32.1. The van der Waals surface area contributed by atoms with Gasteiger partial charge in [0.1, 0.15) is 12.4 Å². The van der Waals surface area contributed by atoms with Crippen molar-refractivity contribution in [3.8, 4) is 5.75 Å². The zero-order valence-electron chi connectivity index (χ0n) is 12.4. The molecule has 0 aliphatic heterocycles. The highest BCUT2D eigenvalue weighted by Crippen LogP contribution is 2.19. The van der Waals surface area contributed by atoms with Gasteiger partial charge in [-0.2, -0.15) is 0 Å². The van der Waals surface area contributed by atoms with Gasteiger partial charge in [-0.1, -0.05) is 42.5 Å². The van der Waals surface area contributed by atoms with Crippen molar-refractivity contribution in [1.29, 1.82) is 0 Å². The van der Waals surface area contributed by atoms with E-state index in [1.807, 2.05) is 42.5 Å². The second kappa shape index (κ2) is 6.62. The largest absolute Gasteiger partial charge is 0.489 e. The molecule has 0 amide bonds. The molecular weight excluding hydrogens is 308 g/mol. The Morgan fingerprint density at radius 2 is 1.91 bits per heavy atom. The van der Waals surface area contributed by atoms with Crippen LogP contribution in [0.2, 0.25) is 0 Å².